The molecule has 2 aromatic carbocycles. The summed E-state index contributed by atoms with van der Waals surface area (Å²) in [6, 6.07) is 13.7. The fraction of sp³-hybridized carbons (Fsp3) is 0.250. The van der Waals surface area contributed by atoms with Gasteiger partial charge in [0.15, 0.2) is 17.4 Å². The molecule has 138 valence electrons. The third-order valence-corrected chi connectivity index (χ3v) is 4.68. The fourth-order valence-corrected chi connectivity index (χ4v) is 3.19. The molecule has 0 spiro atoms. The van der Waals surface area contributed by atoms with Crippen LogP contribution in [-0.2, 0) is 0 Å². The van der Waals surface area contributed by atoms with E-state index in [1.165, 1.54) is 12.4 Å². The second-order valence-corrected chi connectivity index (χ2v) is 6.45. The number of H-pyrrole nitrogens is 1. The van der Waals surface area contributed by atoms with Crippen LogP contribution in [0.15, 0.2) is 54.9 Å². The van der Waals surface area contributed by atoms with E-state index in [1.54, 1.807) is 30.3 Å². The first-order chi connectivity index (χ1) is 13.2. The number of aromatic nitrogens is 3. The molecule has 1 aliphatic heterocycles. The van der Waals surface area contributed by atoms with Gasteiger partial charge in [0.25, 0.3) is 5.91 Å². The van der Waals surface area contributed by atoms with E-state index in [-0.39, 0.29) is 23.6 Å². The van der Waals surface area contributed by atoms with Crippen molar-refractivity contribution in [3.8, 4) is 17.1 Å². The van der Waals surface area contributed by atoms with Gasteiger partial charge in [-0.2, -0.15) is 5.10 Å². The highest BCUT2D eigenvalue weighted by Gasteiger charge is 2.25. The van der Waals surface area contributed by atoms with Crippen LogP contribution in [0.4, 0.5) is 4.39 Å². The highest BCUT2D eigenvalue weighted by Crippen LogP contribution is 2.23. The van der Waals surface area contributed by atoms with Crippen LogP contribution in [0.25, 0.3) is 11.4 Å². The van der Waals surface area contributed by atoms with E-state index >= 15 is 0 Å². The smallest absolute Gasteiger partial charge is 0.253 e. The van der Waals surface area contributed by atoms with Crippen molar-refractivity contribution in [2.75, 3.05) is 13.1 Å². The largest absolute Gasteiger partial charge is 0.487 e. The topological polar surface area (TPSA) is 71.1 Å². The van der Waals surface area contributed by atoms with E-state index < -0.39 is 0 Å². The SMILES string of the molecule is O=C(c1ccc(-c2ncn[nH]2)cc1)N1CCC(Oc2ccccc2F)CC1. The zero-order chi connectivity index (χ0) is 18.6. The molecule has 7 heteroatoms. The van der Waals surface area contributed by atoms with Gasteiger partial charge in [-0.1, -0.05) is 24.3 Å². The molecule has 1 aliphatic rings. The molecule has 27 heavy (non-hydrogen) atoms. The number of benzene rings is 2. The van der Waals surface area contributed by atoms with Gasteiger partial charge in [0.1, 0.15) is 12.4 Å². The fourth-order valence-electron chi connectivity index (χ4n) is 3.19. The van der Waals surface area contributed by atoms with E-state index in [0.29, 0.717) is 37.3 Å². The summed E-state index contributed by atoms with van der Waals surface area (Å²) in [5, 5.41) is 6.62. The Bertz CT molecular complexity index is 904. The quantitative estimate of drug-likeness (QED) is 0.769. The van der Waals surface area contributed by atoms with Crippen molar-refractivity contribution in [2.45, 2.75) is 18.9 Å². The Hall–Kier alpha value is -3.22. The molecule has 0 bridgehead atoms. The van der Waals surface area contributed by atoms with E-state index in [4.69, 9.17) is 4.74 Å². The Kier molecular flexibility index (Phi) is 4.82. The first kappa shape index (κ1) is 17.2. The maximum absolute atomic E-state index is 13.7. The van der Waals surface area contributed by atoms with Crippen molar-refractivity contribution >= 4 is 5.91 Å². The number of hydrogen-bond donors (Lipinski definition) is 1. The van der Waals surface area contributed by atoms with E-state index in [2.05, 4.69) is 15.2 Å². The molecule has 3 aromatic rings. The number of piperidine rings is 1. The monoisotopic (exact) mass is 366 g/mol. The number of halogens is 1. The van der Waals surface area contributed by atoms with Gasteiger partial charge in [0, 0.05) is 37.1 Å². The molecule has 1 amide bonds. The first-order valence-corrected chi connectivity index (χ1v) is 8.87. The lowest BCUT2D eigenvalue weighted by Crippen LogP contribution is -2.41. The minimum Gasteiger partial charge on any atom is -0.487 e. The summed E-state index contributed by atoms with van der Waals surface area (Å²) in [5.74, 6) is 0.566. The molecule has 0 saturated carbocycles. The summed E-state index contributed by atoms with van der Waals surface area (Å²) in [5.41, 5.74) is 1.51. The molecule has 4 rings (SSSR count). The van der Waals surface area contributed by atoms with Crippen LogP contribution >= 0.6 is 0 Å². The number of amides is 1. The average molecular weight is 366 g/mol. The zero-order valence-corrected chi connectivity index (χ0v) is 14.6. The maximum Gasteiger partial charge on any atom is 0.253 e. The highest BCUT2D eigenvalue weighted by molar-refractivity contribution is 5.94. The van der Waals surface area contributed by atoms with Crippen LogP contribution in [0.2, 0.25) is 0 Å². The van der Waals surface area contributed by atoms with Crippen LogP contribution < -0.4 is 4.74 Å². The number of nitrogens with zero attached hydrogens (tertiary/aromatic N) is 3. The minimum absolute atomic E-state index is 0.0107. The summed E-state index contributed by atoms with van der Waals surface area (Å²) >= 11 is 0. The Balaban J connectivity index is 1.35. The third kappa shape index (κ3) is 3.81. The maximum atomic E-state index is 13.7. The van der Waals surface area contributed by atoms with Crippen molar-refractivity contribution in [3.63, 3.8) is 0 Å². The molecule has 0 aliphatic carbocycles. The number of hydrogen-bond acceptors (Lipinski definition) is 4. The van der Waals surface area contributed by atoms with Gasteiger partial charge in [-0.25, -0.2) is 9.37 Å². The molecule has 0 radical (unpaired) electrons. The Morgan fingerprint density at radius 3 is 2.52 bits per heavy atom. The van der Waals surface area contributed by atoms with Crippen molar-refractivity contribution in [2.24, 2.45) is 0 Å². The predicted molar refractivity (Wildman–Crippen MR) is 97.8 cm³/mol. The van der Waals surface area contributed by atoms with Gasteiger partial charge in [-0.05, 0) is 24.3 Å². The van der Waals surface area contributed by atoms with Crippen LogP contribution in [0.5, 0.6) is 5.75 Å². The molecular weight excluding hydrogens is 347 g/mol. The molecular formula is C20H19FN4O2. The van der Waals surface area contributed by atoms with Gasteiger partial charge in [0.05, 0.1) is 0 Å². The normalized spacial score (nSPS) is 14.9. The van der Waals surface area contributed by atoms with Gasteiger partial charge in [-0.3, -0.25) is 9.89 Å². The van der Waals surface area contributed by atoms with Crippen LogP contribution in [0.3, 0.4) is 0 Å². The number of para-hydroxylation sites is 1. The summed E-state index contributed by atoms with van der Waals surface area (Å²) in [4.78, 5) is 18.6. The molecule has 2 heterocycles. The molecule has 0 atom stereocenters. The average Bonchev–Trinajstić information content (AvgIpc) is 3.25. The number of rotatable bonds is 4. The summed E-state index contributed by atoms with van der Waals surface area (Å²) < 4.78 is 19.5. The van der Waals surface area contributed by atoms with Crippen LogP contribution in [0, 0.1) is 5.82 Å². The Morgan fingerprint density at radius 2 is 1.85 bits per heavy atom. The number of aromatic amines is 1. The minimum atomic E-state index is -0.358. The lowest BCUT2D eigenvalue weighted by Gasteiger charge is -2.32. The lowest BCUT2D eigenvalue weighted by atomic mass is 10.1. The van der Waals surface area contributed by atoms with Crippen molar-refractivity contribution in [1.29, 1.82) is 0 Å². The molecule has 1 saturated heterocycles. The molecule has 0 unspecified atom stereocenters. The number of ether oxygens (including phenoxy) is 1. The molecule has 6 nitrogen and oxygen atoms in total. The molecule has 1 aromatic heterocycles. The van der Waals surface area contributed by atoms with E-state index in [9.17, 15) is 9.18 Å². The number of likely N-dealkylation sites (tertiary alicyclic amines) is 1. The Labute approximate surface area is 156 Å². The van der Waals surface area contributed by atoms with E-state index in [1.807, 2.05) is 17.0 Å². The van der Waals surface area contributed by atoms with Gasteiger partial charge in [0.2, 0.25) is 0 Å². The molecule has 1 fully saturated rings. The summed E-state index contributed by atoms with van der Waals surface area (Å²) in [6.07, 6.45) is 2.72. The van der Waals surface area contributed by atoms with E-state index in [0.717, 1.165) is 5.56 Å². The van der Waals surface area contributed by atoms with Gasteiger partial charge >= 0.3 is 0 Å². The second-order valence-electron chi connectivity index (χ2n) is 6.45. The highest BCUT2D eigenvalue weighted by atomic mass is 19.1. The van der Waals surface area contributed by atoms with Gasteiger partial charge in [-0.15, -0.1) is 0 Å². The Morgan fingerprint density at radius 1 is 1.11 bits per heavy atom. The lowest BCUT2D eigenvalue weighted by molar-refractivity contribution is 0.0588. The third-order valence-electron chi connectivity index (χ3n) is 4.68. The van der Waals surface area contributed by atoms with Crippen LogP contribution in [-0.4, -0.2) is 45.2 Å². The number of nitrogens with one attached hydrogen (secondary N) is 1. The van der Waals surface area contributed by atoms with Crippen molar-refractivity contribution in [1.82, 2.24) is 20.1 Å². The zero-order valence-electron chi connectivity index (χ0n) is 14.6. The summed E-state index contributed by atoms with van der Waals surface area (Å²) in [7, 11) is 0. The number of carbonyl (C=O) groups excluding carboxylic acids is 1. The second kappa shape index (κ2) is 7.57. The predicted octanol–water partition coefficient (Wildman–Crippen LogP) is 3.29. The van der Waals surface area contributed by atoms with Crippen molar-refractivity contribution in [3.05, 3.63) is 66.2 Å². The summed E-state index contributed by atoms with van der Waals surface area (Å²) in [6.45, 7) is 1.17. The van der Waals surface area contributed by atoms with Gasteiger partial charge < -0.3 is 9.64 Å². The number of carbonyl (C=O) groups is 1. The van der Waals surface area contributed by atoms with Crippen LogP contribution in [0.1, 0.15) is 23.2 Å². The first-order valence-electron chi connectivity index (χ1n) is 8.87. The standard InChI is InChI=1S/C20H19FN4O2/c21-17-3-1-2-4-18(17)27-16-9-11-25(12-10-16)20(26)15-7-5-14(6-8-15)19-22-13-23-24-19/h1-8,13,16H,9-12H2,(H,22,23,24). The molecule has 1 N–H and O–H groups in total. The van der Waals surface area contributed by atoms with Crippen molar-refractivity contribution < 1.29 is 13.9 Å².